The number of hydrogen-bond acceptors (Lipinski definition) is 4. The lowest BCUT2D eigenvalue weighted by atomic mass is 9.49. The number of aromatic nitrogens is 1. The minimum atomic E-state index is -0.908. The van der Waals surface area contributed by atoms with E-state index in [0.717, 1.165) is 48.6 Å². The first-order valence-electron chi connectivity index (χ1n) is 11.7. The van der Waals surface area contributed by atoms with Crippen LogP contribution in [0.2, 0.25) is 0 Å². The van der Waals surface area contributed by atoms with Crippen molar-refractivity contribution in [1.82, 2.24) is 9.88 Å². The third-order valence-corrected chi connectivity index (χ3v) is 9.07. The maximum absolute atomic E-state index is 12.7. The predicted octanol–water partition coefficient (Wildman–Crippen LogP) is 3.57. The summed E-state index contributed by atoms with van der Waals surface area (Å²) in [5, 5.41) is 24.6. The molecule has 31 heavy (non-hydrogen) atoms. The molecule has 3 aliphatic carbocycles. The number of benzene rings is 2. The van der Waals surface area contributed by atoms with Gasteiger partial charge in [0.15, 0.2) is 17.6 Å². The Labute approximate surface area is 180 Å². The molecule has 2 aliphatic heterocycles. The van der Waals surface area contributed by atoms with E-state index in [9.17, 15) is 10.2 Å². The van der Waals surface area contributed by atoms with Gasteiger partial charge in [-0.1, -0.05) is 24.3 Å². The standard InChI is InChI=1S/C26H26N2O3/c29-19-8-7-15-11-20-26(30)12-17-16-3-1-2-4-18(16)27-22(17)24-25(26,21(15)23(19)31-24)9-10-28(20)13-14-5-6-14/h1-4,7-8,14,20,24,27,29-30H,5-6,9-13H2/t20-,24?,25+,26-/m1/s1. The third kappa shape index (κ3) is 1.84. The van der Waals surface area contributed by atoms with E-state index in [0.29, 0.717) is 12.2 Å². The summed E-state index contributed by atoms with van der Waals surface area (Å²) in [4.78, 5) is 6.22. The van der Waals surface area contributed by atoms with Gasteiger partial charge >= 0.3 is 0 Å². The highest BCUT2D eigenvalue weighted by atomic mass is 16.5. The van der Waals surface area contributed by atoms with Crippen LogP contribution in [0.15, 0.2) is 36.4 Å². The molecule has 1 aromatic heterocycles. The van der Waals surface area contributed by atoms with Crippen molar-refractivity contribution in [3.63, 3.8) is 0 Å². The van der Waals surface area contributed by atoms with E-state index in [1.165, 1.54) is 29.4 Å². The number of piperidine rings is 1. The third-order valence-electron chi connectivity index (χ3n) is 9.07. The van der Waals surface area contributed by atoms with Crippen molar-refractivity contribution >= 4 is 10.9 Å². The van der Waals surface area contributed by atoms with Crippen LogP contribution in [-0.2, 0) is 18.3 Å². The van der Waals surface area contributed by atoms with E-state index in [4.69, 9.17) is 4.74 Å². The lowest BCUT2D eigenvalue weighted by Crippen LogP contribution is -2.74. The van der Waals surface area contributed by atoms with Gasteiger partial charge in [-0.15, -0.1) is 0 Å². The van der Waals surface area contributed by atoms with Gasteiger partial charge in [-0.05, 0) is 61.4 Å². The second-order valence-corrected chi connectivity index (χ2v) is 10.5. The van der Waals surface area contributed by atoms with Crippen molar-refractivity contribution in [2.45, 2.75) is 55.3 Å². The monoisotopic (exact) mass is 414 g/mol. The maximum atomic E-state index is 12.7. The summed E-state index contributed by atoms with van der Waals surface area (Å²) in [7, 11) is 0. The van der Waals surface area contributed by atoms with E-state index in [2.05, 4.69) is 34.1 Å². The Morgan fingerprint density at radius 3 is 2.90 bits per heavy atom. The molecule has 5 aliphatic rings. The van der Waals surface area contributed by atoms with Crippen LogP contribution in [0.5, 0.6) is 11.5 Å². The minimum absolute atomic E-state index is 0.0813. The van der Waals surface area contributed by atoms with Crippen LogP contribution in [0, 0.1) is 5.92 Å². The first-order chi connectivity index (χ1) is 15.1. The first kappa shape index (κ1) is 17.1. The van der Waals surface area contributed by atoms with Gasteiger partial charge in [0.2, 0.25) is 0 Å². The fraction of sp³-hybridized carbons (Fsp3) is 0.462. The number of aliphatic hydroxyl groups is 1. The molecule has 0 radical (unpaired) electrons. The van der Waals surface area contributed by atoms with Gasteiger partial charge in [0, 0.05) is 35.5 Å². The number of rotatable bonds is 2. The maximum Gasteiger partial charge on any atom is 0.166 e. The Bertz CT molecular complexity index is 1280. The number of aromatic amines is 1. The Morgan fingerprint density at radius 2 is 2.03 bits per heavy atom. The topological polar surface area (TPSA) is 68.7 Å². The van der Waals surface area contributed by atoms with Gasteiger partial charge < -0.3 is 19.9 Å². The first-order valence-corrected chi connectivity index (χ1v) is 11.7. The number of hydrogen-bond donors (Lipinski definition) is 3. The predicted molar refractivity (Wildman–Crippen MR) is 117 cm³/mol. The number of fused-ring (bicyclic) bond motifs is 4. The van der Waals surface area contributed by atoms with E-state index in [1.54, 1.807) is 6.07 Å². The number of phenols is 1. The fourth-order valence-electron chi connectivity index (χ4n) is 7.57. The van der Waals surface area contributed by atoms with E-state index < -0.39 is 11.0 Å². The van der Waals surface area contributed by atoms with Gasteiger partial charge in [0.05, 0.1) is 16.7 Å². The summed E-state index contributed by atoms with van der Waals surface area (Å²) >= 11 is 0. The van der Waals surface area contributed by atoms with Crippen molar-refractivity contribution in [2.75, 3.05) is 13.1 Å². The van der Waals surface area contributed by atoms with Crippen LogP contribution in [0.1, 0.15) is 47.8 Å². The Hall–Kier alpha value is -2.50. The number of aromatic hydroxyl groups is 1. The van der Waals surface area contributed by atoms with Crippen LogP contribution in [-0.4, -0.2) is 44.8 Å². The molecule has 3 N–H and O–H groups in total. The minimum Gasteiger partial charge on any atom is -0.504 e. The summed E-state index contributed by atoms with van der Waals surface area (Å²) in [5.74, 6) is 1.58. The van der Waals surface area contributed by atoms with Crippen molar-refractivity contribution in [1.29, 1.82) is 0 Å². The molecule has 5 heteroatoms. The normalized spacial score (nSPS) is 35.0. The molecule has 8 rings (SSSR count). The van der Waals surface area contributed by atoms with Crippen molar-refractivity contribution in [3.05, 3.63) is 58.8 Å². The number of nitrogens with zero attached hydrogens (tertiary/aromatic N) is 1. The average Bonchev–Trinajstić information content (AvgIpc) is 3.40. The molecule has 1 unspecified atom stereocenters. The second-order valence-electron chi connectivity index (χ2n) is 10.5. The number of para-hydroxylation sites is 1. The molecule has 5 nitrogen and oxygen atoms in total. The van der Waals surface area contributed by atoms with Crippen LogP contribution in [0.25, 0.3) is 10.9 Å². The van der Waals surface area contributed by atoms with Gasteiger partial charge in [-0.3, -0.25) is 4.90 Å². The van der Waals surface area contributed by atoms with E-state index in [1.807, 2.05) is 6.07 Å². The molecule has 2 bridgehead atoms. The largest absolute Gasteiger partial charge is 0.504 e. The lowest BCUT2D eigenvalue weighted by molar-refractivity contribution is -0.173. The zero-order valence-corrected chi connectivity index (χ0v) is 17.4. The zero-order chi connectivity index (χ0) is 20.5. The summed E-state index contributed by atoms with van der Waals surface area (Å²) < 4.78 is 6.60. The number of H-pyrrole nitrogens is 1. The second kappa shape index (κ2) is 5.28. The Morgan fingerprint density at radius 1 is 1.16 bits per heavy atom. The number of likely N-dealkylation sites (tertiary alicyclic amines) is 1. The summed E-state index contributed by atoms with van der Waals surface area (Å²) in [6.45, 7) is 2.07. The van der Waals surface area contributed by atoms with Crippen molar-refractivity contribution in [3.8, 4) is 11.5 Å². The van der Waals surface area contributed by atoms with E-state index in [-0.39, 0.29) is 17.9 Å². The molecule has 4 atom stereocenters. The van der Waals surface area contributed by atoms with Crippen LogP contribution in [0.3, 0.4) is 0 Å². The molecule has 2 aromatic carbocycles. The van der Waals surface area contributed by atoms with Gasteiger partial charge in [0.1, 0.15) is 0 Å². The van der Waals surface area contributed by atoms with Crippen LogP contribution < -0.4 is 4.74 Å². The average molecular weight is 415 g/mol. The Balaban J connectivity index is 1.43. The van der Waals surface area contributed by atoms with Crippen molar-refractivity contribution < 1.29 is 14.9 Å². The smallest absolute Gasteiger partial charge is 0.166 e. The molecule has 158 valence electrons. The van der Waals surface area contributed by atoms with Gasteiger partial charge in [-0.25, -0.2) is 0 Å². The van der Waals surface area contributed by atoms with Gasteiger partial charge in [-0.2, -0.15) is 0 Å². The highest BCUT2D eigenvalue weighted by Gasteiger charge is 2.72. The molecular formula is C26H26N2O3. The number of phenolic OH excluding ortho intramolecular Hbond substituents is 1. The quantitative estimate of drug-likeness (QED) is 0.600. The molecular weight excluding hydrogens is 388 g/mol. The molecule has 1 saturated heterocycles. The highest BCUT2D eigenvalue weighted by Crippen LogP contribution is 2.69. The Kier molecular flexibility index (Phi) is 2.91. The van der Waals surface area contributed by atoms with Crippen LogP contribution in [0.4, 0.5) is 0 Å². The molecule has 3 aromatic rings. The van der Waals surface area contributed by atoms with Gasteiger partial charge in [0.25, 0.3) is 0 Å². The number of nitrogens with one attached hydrogen (secondary N) is 1. The molecule has 1 spiro atoms. The fourth-order valence-corrected chi connectivity index (χ4v) is 7.57. The summed E-state index contributed by atoms with van der Waals surface area (Å²) in [6, 6.07) is 12.3. The molecule has 0 amide bonds. The van der Waals surface area contributed by atoms with Crippen LogP contribution >= 0.6 is 0 Å². The molecule has 1 saturated carbocycles. The number of ether oxygens (including phenoxy) is 1. The summed E-state index contributed by atoms with van der Waals surface area (Å²) in [5.41, 5.74) is 4.27. The lowest BCUT2D eigenvalue weighted by Gasteiger charge is -2.62. The van der Waals surface area contributed by atoms with E-state index >= 15 is 0 Å². The SMILES string of the molecule is Oc1ccc2c3c1OC1c4[nH]c5ccccc5c4C[C@@]4(O)[C@@H](C2)N(CC2CC2)CC[C@]314. The molecule has 2 fully saturated rings. The highest BCUT2D eigenvalue weighted by molar-refractivity contribution is 5.86. The van der Waals surface area contributed by atoms with Crippen molar-refractivity contribution in [2.24, 2.45) is 5.92 Å². The zero-order valence-electron chi connectivity index (χ0n) is 17.4. The molecule has 3 heterocycles. The summed E-state index contributed by atoms with van der Waals surface area (Å²) in [6.07, 6.45) is 4.66.